The van der Waals surface area contributed by atoms with Gasteiger partial charge in [-0.2, -0.15) is 5.10 Å². The van der Waals surface area contributed by atoms with E-state index in [0.717, 1.165) is 12.2 Å². The minimum atomic E-state index is -0.254. The van der Waals surface area contributed by atoms with Gasteiger partial charge in [0.1, 0.15) is 18.1 Å². The summed E-state index contributed by atoms with van der Waals surface area (Å²) in [6.07, 6.45) is 1.89. The summed E-state index contributed by atoms with van der Waals surface area (Å²) in [7, 11) is 1.70. The van der Waals surface area contributed by atoms with E-state index in [1.165, 1.54) is 0 Å². The zero-order valence-corrected chi connectivity index (χ0v) is 16.2. The van der Waals surface area contributed by atoms with Crippen LogP contribution in [0.15, 0.2) is 41.1 Å². The van der Waals surface area contributed by atoms with Crippen molar-refractivity contribution >= 4 is 17.5 Å². The van der Waals surface area contributed by atoms with E-state index in [-0.39, 0.29) is 18.2 Å². The predicted molar refractivity (Wildman–Crippen MR) is 101 cm³/mol. The largest absolute Gasteiger partial charge is 0.487 e. The number of para-hydroxylation sites is 1. The van der Waals surface area contributed by atoms with Crippen molar-refractivity contribution in [3.63, 3.8) is 0 Å². The number of aryl methyl sites for hydroxylation is 2. The summed E-state index contributed by atoms with van der Waals surface area (Å²) in [5, 5.41) is 8.83. The first-order chi connectivity index (χ1) is 13.0. The summed E-state index contributed by atoms with van der Waals surface area (Å²) in [4.78, 5) is 14.4. The summed E-state index contributed by atoms with van der Waals surface area (Å²) < 4.78 is 12.8. The number of benzene rings is 1. The van der Waals surface area contributed by atoms with Gasteiger partial charge in [-0.25, -0.2) is 0 Å². The van der Waals surface area contributed by atoms with Crippen molar-refractivity contribution in [3.05, 3.63) is 64.3 Å². The van der Waals surface area contributed by atoms with Gasteiger partial charge in [-0.3, -0.25) is 9.48 Å². The van der Waals surface area contributed by atoms with E-state index in [4.69, 9.17) is 20.9 Å². The molecule has 0 N–H and O–H groups in total. The Labute approximate surface area is 162 Å². The molecule has 0 aliphatic carbocycles. The monoisotopic (exact) mass is 388 g/mol. The fraction of sp³-hybridized carbons (Fsp3) is 0.316. The maximum Gasteiger partial charge on any atom is 0.276 e. The topological polar surface area (TPSA) is 73.4 Å². The maximum absolute atomic E-state index is 12.8. The number of hydrogen-bond donors (Lipinski definition) is 0. The standard InChI is InChI=1S/C19H21ClN4O3/c1-4-24-10-9-14(21-24)11-23(3)19(25)18-15(13(2)27-22-18)12-26-17-8-6-5-7-16(17)20/h5-10H,4,11-12H2,1-3H3. The molecule has 3 aromatic rings. The fourth-order valence-corrected chi connectivity index (χ4v) is 2.79. The van der Waals surface area contributed by atoms with Crippen LogP contribution in [0.4, 0.5) is 0 Å². The molecular formula is C19H21ClN4O3. The highest BCUT2D eigenvalue weighted by Gasteiger charge is 2.24. The van der Waals surface area contributed by atoms with Crippen molar-refractivity contribution < 1.29 is 14.1 Å². The Bertz CT molecular complexity index is 935. The highest BCUT2D eigenvalue weighted by molar-refractivity contribution is 6.32. The van der Waals surface area contributed by atoms with E-state index in [0.29, 0.717) is 28.6 Å². The van der Waals surface area contributed by atoms with Gasteiger partial charge < -0.3 is 14.2 Å². The minimum Gasteiger partial charge on any atom is -0.487 e. The van der Waals surface area contributed by atoms with E-state index in [9.17, 15) is 4.79 Å². The molecule has 0 unspecified atom stereocenters. The van der Waals surface area contributed by atoms with Gasteiger partial charge in [0.25, 0.3) is 5.91 Å². The molecule has 0 saturated carbocycles. The van der Waals surface area contributed by atoms with Crippen LogP contribution in [0, 0.1) is 6.92 Å². The third kappa shape index (κ3) is 4.31. The van der Waals surface area contributed by atoms with Gasteiger partial charge in [-0.1, -0.05) is 28.9 Å². The van der Waals surface area contributed by atoms with Gasteiger partial charge in [0.05, 0.1) is 22.8 Å². The number of nitrogens with zero attached hydrogens (tertiary/aromatic N) is 4. The smallest absolute Gasteiger partial charge is 0.276 e. The lowest BCUT2D eigenvalue weighted by molar-refractivity contribution is 0.0770. The summed E-state index contributed by atoms with van der Waals surface area (Å²) in [6.45, 7) is 5.05. The summed E-state index contributed by atoms with van der Waals surface area (Å²) in [5.41, 5.74) is 1.64. The second-order valence-electron chi connectivity index (χ2n) is 6.11. The third-order valence-electron chi connectivity index (χ3n) is 4.16. The van der Waals surface area contributed by atoms with Crippen molar-refractivity contribution in [3.8, 4) is 5.75 Å². The van der Waals surface area contributed by atoms with Crippen LogP contribution >= 0.6 is 11.6 Å². The number of halogens is 1. The molecule has 0 aliphatic rings. The normalized spacial score (nSPS) is 10.8. The van der Waals surface area contributed by atoms with Crippen LogP contribution in [0.25, 0.3) is 0 Å². The first-order valence-corrected chi connectivity index (χ1v) is 8.97. The molecule has 0 spiro atoms. The SMILES string of the molecule is CCn1ccc(CN(C)C(=O)c2noc(C)c2COc2ccccc2Cl)n1. The molecule has 2 heterocycles. The predicted octanol–water partition coefficient (Wildman–Crippen LogP) is 3.70. The van der Waals surface area contributed by atoms with Crippen LogP contribution in [0.3, 0.4) is 0 Å². The van der Waals surface area contributed by atoms with Crippen molar-refractivity contribution in [1.82, 2.24) is 19.8 Å². The molecule has 3 rings (SSSR count). The molecule has 0 fully saturated rings. The zero-order valence-electron chi connectivity index (χ0n) is 15.5. The molecule has 142 valence electrons. The van der Waals surface area contributed by atoms with Gasteiger partial charge >= 0.3 is 0 Å². The Morgan fingerprint density at radius 2 is 2.11 bits per heavy atom. The highest BCUT2D eigenvalue weighted by Crippen LogP contribution is 2.25. The zero-order chi connectivity index (χ0) is 19.4. The second kappa shape index (κ2) is 8.26. The number of carbonyl (C=O) groups excluding carboxylic acids is 1. The fourth-order valence-electron chi connectivity index (χ4n) is 2.60. The van der Waals surface area contributed by atoms with Crippen molar-refractivity contribution in [2.75, 3.05) is 7.05 Å². The van der Waals surface area contributed by atoms with Crippen LogP contribution < -0.4 is 4.74 Å². The number of amides is 1. The van der Waals surface area contributed by atoms with Crippen LogP contribution in [0.1, 0.15) is 34.4 Å². The van der Waals surface area contributed by atoms with Crippen molar-refractivity contribution in [2.45, 2.75) is 33.5 Å². The van der Waals surface area contributed by atoms with E-state index in [2.05, 4.69) is 10.3 Å². The summed E-state index contributed by atoms with van der Waals surface area (Å²) in [5.74, 6) is 0.821. The van der Waals surface area contributed by atoms with Crippen LogP contribution in [0.2, 0.25) is 5.02 Å². The van der Waals surface area contributed by atoms with Crippen LogP contribution in [-0.2, 0) is 19.7 Å². The minimum absolute atomic E-state index is 0.137. The number of aromatic nitrogens is 3. The van der Waals surface area contributed by atoms with Crippen LogP contribution in [-0.4, -0.2) is 32.8 Å². The number of carbonyl (C=O) groups is 1. The van der Waals surface area contributed by atoms with E-state index in [1.807, 2.05) is 36.0 Å². The first-order valence-electron chi connectivity index (χ1n) is 8.59. The van der Waals surface area contributed by atoms with Gasteiger partial charge in [-0.15, -0.1) is 0 Å². The molecule has 0 bridgehead atoms. The van der Waals surface area contributed by atoms with E-state index in [1.54, 1.807) is 31.0 Å². The Hall–Kier alpha value is -2.80. The molecule has 0 aliphatic heterocycles. The van der Waals surface area contributed by atoms with E-state index >= 15 is 0 Å². The molecule has 0 saturated heterocycles. The summed E-state index contributed by atoms with van der Waals surface area (Å²) in [6, 6.07) is 9.05. The second-order valence-corrected chi connectivity index (χ2v) is 6.52. The molecule has 0 radical (unpaired) electrons. The van der Waals surface area contributed by atoms with Crippen molar-refractivity contribution in [1.29, 1.82) is 0 Å². The Morgan fingerprint density at radius 1 is 1.33 bits per heavy atom. The quantitative estimate of drug-likeness (QED) is 0.617. The van der Waals surface area contributed by atoms with E-state index < -0.39 is 0 Å². The maximum atomic E-state index is 12.8. The Kier molecular flexibility index (Phi) is 5.81. The third-order valence-corrected chi connectivity index (χ3v) is 4.47. The molecule has 1 amide bonds. The average molecular weight is 389 g/mol. The van der Waals surface area contributed by atoms with Gasteiger partial charge in [0.2, 0.25) is 0 Å². The molecule has 7 nitrogen and oxygen atoms in total. The highest BCUT2D eigenvalue weighted by atomic mass is 35.5. The van der Waals surface area contributed by atoms with Crippen LogP contribution in [0.5, 0.6) is 5.75 Å². The molecular weight excluding hydrogens is 368 g/mol. The lowest BCUT2D eigenvalue weighted by Gasteiger charge is -2.15. The van der Waals surface area contributed by atoms with Gasteiger partial charge in [0.15, 0.2) is 5.69 Å². The van der Waals surface area contributed by atoms with Gasteiger partial charge in [-0.05, 0) is 32.0 Å². The number of rotatable bonds is 7. The molecule has 1 aromatic carbocycles. The molecule has 0 atom stereocenters. The first kappa shape index (κ1) is 19.0. The van der Waals surface area contributed by atoms with Crippen molar-refractivity contribution in [2.24, 2.45) is 0 Å². The number of hydrogen-bond acceptors (Lipinski definition) is 5. The Balaban J connectivity index is 1.72. The Morgan fingerprint density at radius 3 is 2.81 bits per heavy atom. The number of ether oxygens (including phenoxy) is 1. The van der Waals surface area contributed by atoms with Gasteiger partial charge in [0, 0.05) is 19.8 Å². The molecule has 8 heteroatoms. The molecule has 2 aromatic heterocycles. The molecule has 27 heavy (non-hydrogen) atoms. The summed E-state index contributed by atoms with van der Waals surface area (Å²) >= 11 is 6.11. The lowest BCUT2D eigenvalue weighted by atomic mass is 10.2. The lowest BCUT2D eigenvalue weighted by Crippen LogP contribution is -2.28. The average Bonchev–Trinajstić information content (AvgIpc) is 3.27.